The predicted molar refractivity (Wildman–Crippen MR) is 83.7 cm³/mol. The molecule has 0 radical (unpaired) electrons. The molecule has 0 saturated carbocycles. The quantitative estimate of drug-likeness (QED) is 0.928. The molecule has 4 heteroatoms. The minimum Gasteiger partial charge on any atom is -0.339 e. The van der Waals surface area contributed by atoms with Gasteiger partial charge in [0.05, 0.1) is 6.04 Å². The van der Waals surface area contributed by atoms with Crippen LogP contribution in [0.4, 0.5) is 0 Å². The third-order valence-electron chi connectivity index (χ3n) is 4.24. The molecule has 1 N–H and O–H groups in total. The SMILES string of the molecule is CC(C)N1CC[C@H](N[C@H]2CSCc3ccccc32)C1=O. The summed E-state index contributed by atoms with van der Waals surface area (Å²) in [6.07, 6.45) is 0.931. The normalized spacial score (nSPS) is 26.1. The van der Waals surface area contributed by atoms with Gasteiger partial charge in [0.15, 0.2) is 0 Å². The Morgan fingerprint density at radius 1 is 1.30 bits per heavy atom. The van der Waals surface area contributed by atoms with E-state index in [1.165, 1.54) is 11.1 Å². The first-order valence-corrected chi connectivity index (χ1v) is 8.54. The summed E-state index contributed by atoms with van der Waals surface area (Å²) in [7, 11) is 0. The summed E-state index contributed by atoms with van der Waals surface area (Å²) in [4.78, 5) is 14.4. The molecule has 0 spiro atoms. The maximum absolute atomic E-state index is 12.4. The summed E-state index contributed by atoms with van der Waals surface area (Å²) in [5.41, 5.74) is 2.79. The monoisotopic (exact) mass is 290 g/mol. The van der Waals surface area contributed by atoms with Gasteiger partial charge in [0.1, 0.15) is 0 Å². The zero-order valence-corrected chi connectivity index (χ0v) is 13.0. The van der Waals surface area contributed by atoms with E-state index in [4.69, 9.17) is 0 Å². The summed E-state index contributed by atoms with van der Waals surface area (Å²) >= 11 is 1.95. The summed E-state index contributed by atoms with van der Waals surface area (Å²) in [5, 5.41) is 3.60. The van der Waals surface area contributed by atoms with E-state index in [1.54, 1.807) is 0 Å². The Balaban J connectivity index is 1.72. The van der Waals surface area contributed by atoms with Crippen molar-refractivity contribution in [1.82, 2.24) is 10.2 Å². The fraction of sp³-hybridized carbons (Fsp3) is 0.562. The Kier molecular flexibility index (Phi) is 4.03. The molecule has 1 aromatic rings. The minimum absolute atomic E-state index is 0.00541. The van der Waals surface area contributed by atoms with Crippen LogP contribution >= 0.6 is 11.8 Å². The molecule has 3 nitrogen and oxygen atoms in total. The van der Waals surface area contributed by atoms with Crippen LogP contribution in [0.1, 0.15) is 37.4 Å². The molecule has 1 aromatic carbocycles. The number of hydrogen-bond donors (Lipinski definition) is 1. The van der Waals surface area contributed by atoms with E-state index in [-0.39, 0.29) is 11.9 Å². The van der Waals surface area contributed by atoms with Crippen LogP contribution in [-0.2, 0) is 10.5 Å². The maximum atomic E-state index is 12.4. The van der Waals surface area contributed by atoms with E-state index in [1.807, 2.05) is 16.7 Å². The topological polar surface area (TPSA) is 32.3 Å². The molecule has 1 saturated heterocycles. The van der Waals surface area contributed by atoms with Gasteiger partial charge in [0, 0.05) is 30.1 Å². The number of hydrogen-bond acceptors (Lipinski definition) is 3. The van der Waals surface area contributed by atoms with Crippen molar-refractivity contribution in [3.8, 4) is 0 Å². The first-order valence-electron chi connectivity index (χ1n) is 7.39. The third kappa shape index (κ3) is 2.59. The molecule has 0 bridgehead atoms. The number of fused-ring (bicyclic) bond motifs is 1. The maximum Gasteiger partial charge on any atom is 0.240 e. The van der Waals surface area contributed by atoms with Crippen LogP contribution < -0.4 is 5.32 Å². The lowest BCUT2D eigenvalue weighted by Gasteiger charge is -2.28. The molecule has 2 aliphatic heterocycles. The first-order chi connectivity index (χ1) is 9.66. The molecule has 1 fully saturated rings. The Hall–Kier alpha value is -1.00. The number of amides is 1. The van der Waals surface area contributed by atoms with E-state index in [0.29, 0.717) is 12.1 Å². The number of rotatable bonds is 3. The number of nitrogens with one attached hydrogen (secondary N) is 1. The van der Waals surface area contributed by atoms with Crippen molar-refractivity contribution in [2.45, 2.75) is 44.1 Å². The Morgan fingerprint density at radius 2 is 2.10 bits per heavy atom. The lowest BCUT2D eigenvalue weighted by Crippen LogP contribution is -2.43. The lowest BCUT2D eigenvalue weighted by atomic mass is 10.0. The van der Waals surface area contributed by atoms with E-state index in [0.717, 1.165) is 24.5 Å². The number of nitrogens with zero attached hydrogens (tertiary/aromatic N) is 1. The molecule has 2 atom stereocenters. The second kappa shape index (κ2) is 5.78. The number of likely N-dealkylation sites (tertiary alicyclic amines) is 1. The van der Waals surface area contributed by atoms with Crippen LogP contribution in [-0.4, -0.2) is 35.2 Å². The fourth-order valence-corrected chi connectivity index (χ4v) is 4.24. The highest BCUT2D eigenvalue weighted by Gasteiger charge is 2.35. The number of carbonyl (C=O) groups excluding carboxylic acids is 1. The highest BCUT2D eigenvalue weighted by Crippen LogP contribution is 2.32. The molecule has 2 aliphatic rings. The van der Waals surface area contributed by atoms with Crippen molar-refractivity contribution in [1.29, 1.82) is 0 Å². The number of carbonyl (C=O) groups is 1. The van der Waals surface area contributed by atoms with Crippen LogP contribution in [0.2, 0.25) is 0 Å². The predicted octanol–water partition coefficient (Wildman–Crippen LogP) is 2.57. The van der Waals surface area contributed by atoms with Gasteiger partial charge in [-0.05, 0) is 31.4 Å². The van der Waals surface area contributed by atoms with Crippen molar-refractivity contribution in [3.05, 3.63) is 35.4 Å². The molecule has 108 valence electrons. The minimum atomic E-state index is -0.00541. The van der Waals surface area contributed by atoms with Crippen molar-refractivity contribution in [2.75, 3.05) is 12.3 Å². The summed E-state index contributed by atoms with van der Waals surface area (Å²) in [6.45, 7) is 5.06. The first kappa shape index (κ1) is 14.0. The standard InChI is InChI=1S/C16H22N2OS/c1-11(2)18-8-7-14(16(18)19)17-15-10-20-9-12-5-3-4-6-13(12)15/h3-6,11,14-15,17H,7-10H2,1-2H3/t14-,15-/m0/s1. The van der Waals surface area contributed by atoms with Gasteiger partial charge < -0.3 is 4.90 Å². The van der Waals surface area contributed by atoms with Gasteiger partial charge in [0.25, 0.3) is 0 Å². The molecule has 0 aliphatic carbocycles. The van der Waals surface area contributed by atoms with Crippen LogP contribution in [0.3, 0.4) is 0 Å². The van der Waals surface area contributed by atoms with Gasteiger partial charge in [-0.15, -0.1) is 0 Å². The zero-order valence-electron chi connectivity index (χ0n) is 12.1. The third-order valence-corrected chi connectivity index (χ3v) is 5.32. The average molecular weight is 290 g/mol. The van der Waals surface area contributed by atoms with Crippen LogP contribution in [0, 0.1) is 0 Å². The van der Waals surface area contributed by atoms with Gasteiger partial charge in [-0.3, -0.25) is 10.1 Å². The molecular formula is C16H22N2OS. The highest BCUT2D eigenvalue weighted by molar-refractivity contribution is 7.98. The second-order valence-corrected chi connectivity index (χ2v) is 6.93. The number of thioether (sulfide) groups is 1. The summed E-state index contributed by atoms with van der Waals surface area (Å²) < 4.78 is 0. The average Bonchev–Trinajstić information content (AvgIpc) is 2.81. The van der Waals surface area contributed by atoms with Crippen molar-refractivity contribution < 1.29 is 4.79 Å². The fourth-order valence-electron chi connectivity index (χ4n) is 3.13. The molecule has 20 heavy (non-hydrogen) atoms. The largest absolute Gasteiger partial charge is 0.339 e. The second-order valence-electron chi connectivity index (χ2n) is 5.90. The van der Waals surface area contributed by atoms with Gasteiger partial charge in [0.2, 0.25) is 5.91 Å². The van der Waals surface area contributed by atoms with E-state index in [9.17, 15) is 4.79 Å². The molecule has 1 amide bonds. The zero-order chi connectivity index (χ0) is 14.1. The molecule has 2 heterocycles. The Bertz CT molecular complexity index is 503. The van der Waals surface area contributed by atoms with Crippen molar-refractivity contribution >= 4 is 17.7 Å². The molecule has 0 unspecified atom stereocenters. The smallest absolute Gasteiger partial charge is 0.240 e. The lowest BCUT2D eigenvalue weighted by molar-refractivity contribution is -0.130. The molecule has 3 rings (SSSR count). The van der Waals surface area contributed by atoms with Crippen LogP contribution in [0.25, 0.3) is 0 Å². The van der Waals surface area contributed by atoms with Gasteiger partial charge >= 0.3 is 0 Å². The van der Waals surface area contributed by atoms with E-state index in [2.05, 4.69) is 43.4 Å². The van der Waals surface area contributed by atoms with Gasteiger partial charge in [-0.25, -0.2) is 0 Å². The Labute approximate surface area is 125 Å². The van der Waals surface area contributed by atoms with Crippen molar-refractivity contribution in [2.24, 2.45) is 0 Å². The summed E-state index contributed by atoms with van der Waals surface area (Å²) in [6, 6.07) is 9.21. The van der Waals surface area contributed by atoms with Gasteiger partial charge in [-0.2, -0.15) is 11.8 Å². The number of benzene rings is 1. The highest BCUT2D eigenvalue weighted by atomic mass is 32.2. The molecular weight excluding hydrogens is 268 g/mol. The van der Waals surface area contributed by atoms with E-state index < -0.39 is 0 Å². The van der Waals surface area contributed by atoms with Crippen LogP contribution in [0.5, 0.6) is 0 Å². The van der Waals surface area contributed by atoms with Crippen molar-refractivity contribution in [3.63, 3.8) is 0 Å². The van der Waals surface area contributed by atoms with Gasteiger partial charge in [-0.1, -0.05) is 24.3 Å². The Morgan fingerprint density at radius 3 is 2.85 bits per heavy atom. The van der Waals surface area contributed by atoms with Crippen LogP contribution in [0.15, 0.2) is 24.3 Å². The van der Waals surface area contributed by atoms with E-state index >= 15 is 0 Å². The molecule has 0 aromatic heterocycles. The summed E-state index contributed by atoms with van der Waals surface area (Å²) in [5.74, 6) is 2.42.